The van der Waals surface area contributed by atoms with Crippen molar-refractivity contribution in [2.75, 3.05) is 14.2 Å². The molecule has 0 saturated carbocycles. The first-order chi connectivity index (χ1) is 15.9. The predicted molar refractivity (Wildman–Crippen MR) is 120 cm³/mol. The van der Waals surface area contributed by atoms with Crippen molar-refractivity contribution in [3.05, 3.63) is 60.2 Å². The molecule has 0 bridgehead atoms. The maximum Gasteiger partial charge on any atom is 0.167 e. The number of rotatable bonds is 6. The Labute approximate surface area is 188 Å². The molecule has 4 rings (SSSR count). The molecule has 0 fully saturated rings. The minimum Gasteiger partial charge on any atom is -0.507 e. The van der Waals surface area contributed by atoms with Gasteiger partial charge in [-0.15, -0.1) is 0 Å². The number of aromatic nitrogens is 3. The minimum atomic E-state index is -0.208. The fraction of sp³-hybridized carbons (Fsp3) is 0.0833. The second-order valence-electron chi connectivity index (χ2n) is 6.97. The number of methoxy groups -OCH3 is 2. The summed E-state index contributed by atoms with van der Waals surface area (Å²) >= 11 is 0. The number of carbonyl (C=O) groups excluding carboxylic acids is 1. The van der Waals surface area contributed by atoms with Crippen LogP contribution in [0.5, 0.6) is 28.7 Å². The van der Waals surface area contributed by atoms with Crippen LogP contribution in [0.4, 0.5) is 0 Å². The van der Waals surface area contributed by atoms with Crippen molar-refractivity contribution >= 4 is 6.29 Å². The number of nitrogens with zero attached hydrogens (tertiary/aromatic N) is 3. The van der Waals surface area contributed by atoms with Crippen LogP contribution < -0.4 is 9.47 Å². The molecule has 0 amide bonds. The standard InChI is InChI=1S/C24H19N3O6/c1-32-14-4-7-17(20(30)10-14)23-25-22(16-6-3-13(12-28)9-19(16)29)26-24(27-23)18-8-5-15(33-2)11-21(18)31/h3-12,29-31H,1-2H3. The van der Waals surface area contributed by atoms with Crippen LogP contribution in [0.15, 0.2) is 54.6 Å². The molecule has 0 spiro atoms. The molecule has 0 unspecified atom stereocenters. The number of hydrogen-bond donors (Lipinski definition) is 3. The zero-order valence-corrected chi connectivity index (χ0v) is 17.7. The van der Waals surface area contributed by atoms with E-state index < -0.39 is 0 Å². The van der Waals surface area contributed by atoms with Gasteiger partial charge in [-0.1, -0.05) is 6.07 Å². The highest BCUT2D eigenvalue weighted by Crippen LogP contribution is 2.36. The maximum absolute atomic E-state index is 11.0. The van der Waals surface area contributed by atoms with Gasteiger partial charge in [0.2, 0.25) is 0 Å². The van der Waals surface area contributed by atoms with E-state index in [4.69, 9.17) is 9.47 Å². The lowest BCUT2D eigenvalue weighted by Gasteiger charge is -2.12. The van der Waals surface area contributed by atoms with Crippen molar-refractivity contribution in [2.45, 2.75) is 0 Å². The molecule has 9 heteroatoms. The quantitative estimate of drug-likeness (QED) is 0.379. The first-order valence-electron chi connectivity index (χ1n) is 9.73. The summed E-state index contributed by atoms with van der Waals surface area (Å²) in [5, 5.41) is 31.5. The molecule has 0 radical (unpaired) electrons. The van der Waals surface area contributed by atoms with Gasteiger partial charge in [0.15, 0.2) is 17.5 Å². The van der Waals surface area contributed by atoms with Crippen LogP contribution in [0, 0.1) is 0 Å². The van der Waals surface area contributed by atoms with Gasteiger partial charge >= 0.3 is 0 Å². The number of benzene rings is 3. The molecule has 1 aromatic heterocycles. The molecule has 3 aromatic carbocycles. The van der Waals surface area contributed by atoms with Crippen molar-refractivity contribution in [3.8, 4) is 62.9 Å². The molecule has 33 heavy (non-hydrogen) atoms. The van der Waals surface area contributed by atoms with Gasteiger partial charge in [-0.3, -0.25) is 4.79 Å². The average molecular weight is 445 g/mol. The Bertz CT molecular complexity index is 1280. The molecule has 0 aliphatic rings. The fourth-order valence-corrected chi connectivity index (χ4v) is 3.20. The van der Waals surface area contributed by atoms with E-state index in [-0.39, 0.29) is 57.0 Å². The second kappa shape index (κ2) is 8.83. The molecule has 0 saturated heterocycles. The summed E-state index contributed by atoms with van der Waals surface area (Å²) in [5.41, 5.74) is 1.10. The highest BCUT2D eigenvalue weighted by atomic mass is 16.5. The van der Waals surface area contributed by atoms with Crippen molar-refractivity contribution in [3.63, 3.8) is 0 Å². The van der Waals surface area contributed by atoms with Gasteiger partial charge in [0, 0.05) is 17.7 Å². The summed E-state index contributed by atoms with van der Waals surface area (Å²) in [4.78, 5) is 24.3. The SMILES string of the molecule is COc1ccc(-c2nc(-c3ccc(C=O)cc3O)nc(-c3ccc(OC)cc3O)n2)c(O)c1. The van der Waals surface area contributed by atoms with Crippen molar-refractivity contribution < 1.29 is 29.6 Å². The number of carbonyl (C=O) groups is 1. The monoisotopic (exact) mass is 445 g/mol. The predicted octanol–water partition coefficient (Wildman–Crippen LogP) is 3.82. The number of aldehydes is 1. The number of ether oxygens (including phenoxy) is 2. The van der Waals surface area contributed by atoms with E-state index >= 15 is 0 Å². The van der Waals surface area contributed by atoms with Crippen LogP contribution in [0.2, 0.25) is 0 Å². The van der Waals surface area contributed by atoms with Crippen molar-refractivity contribution in [2.24, 2.45) is 0 Å². The number of phenols is 3. The zero-order valence-electron chi connectivity index (χ0n) is 17.7. The normalized spacial score (nSPS) is 10.6. The summed E-state index contributed by atoms with van der Waals surface area (Å²) in [6.45, 7) is 0. The van der Waals surface area contributed by atoms with Gasteiger partial charge in [0.1, 0.15) is 35.0 Å². The number of hydrogen-bond acceptors (Lipinski definition) is 9. The van der Waals surface area contributed by atoms with Gasteiger partial charge in [-0.2, -0.15) is 0 Å². The van der Waals surface area contributed by atoms with E-state index in [9.17, 15) is 20.1 Å². The van der Waals surface area contributed by atoms with Crippen LogP contribution in [0.3, 0.4) is 0 Å². The summed E-state index contributed by atoms with van der Waals surface area (Å²) in [6.07, 6.45) is 0.610. The average Bonchev–Trinajstić information content (AvgIpc) is 2.83. The third kappa shape index (κ3) is 4.24. The molecule has 166 valence electrons. The maximum atomic E-state index is 11.0. The number of aromatic hydroxyl groups is 3. The van der Waals surface area contributed by atoms with Crippen LogP contribution in [0.25, 0.3) is 34.2 Å². The lowest BCUT2D eigenvalue weighted by atomic mass is 10.1. The van der Waals surface area contributed by atoms with Crippen molar-refractivity contribution in [1.29, 1.82) is 0 Å². The molecule has 3 N–H and O–H groups in total. The van der Waals surface area contributed by atoms with E-state index in [2.05, 4.69) is 15.0 Å². The Morgan fingerprint density at radius 3 is 1.36 bits per heavy atom. The van der Waals surface area contributed by atoms with Gasteiger partial charge in [0.05, 0.1) is 30.9 Å². The minimum absolute atomic E-state index is 0.0791. The molecule has 9 nitrogen and oxygen atoms in total. The molecule has 0 aliphatic carbocycles. The Morgan fingerprint density at radius 1 is 0.636 bits per heavy atom. The molecular weight excluding hydrogens is 426 g/mol. The molecular formula is C24H19N3O6. The van der Waals surface area contributed by atoms with Crippen LogP contribution >= 0.6 is 0 Å². The Hall–Kier alpha value is -4.66. The lowest BCUT2D eigenvalue weighted by molar-refractivity contribution is 0.112. The first-order valence-corrected chi connectivity index (χ1v) is 9.73. The summed E-state index contributed by atoms with van der Waals surface area (Å²) < 4.78 is 10.3. The van der Waals surface area contributed by atoms with Crippen molar-refractivity contribution in [1.82, 2.24) is 15.0 Å². The smallest absolute Gasteiger partial charge is 0.167 e. The van der Waals surface area contributed by atoms with E-state index in [0.717, 1.165) is 0 Å². The number of phenolic OH excluding ortho intramolecular Hbond substituents is 3. The van der Waals surface area contributed by atoms with E-state index in [0.29, 0.717) is 17.8 Å². The summed E-state index contributed by atoms with van der Waals surface area (Å²) in [5.74, 6) is 0.708. The van der Waals surface area contributed by atoms with Gasteiger partial charge < -0.3 is 24.8 Å². The van der Waals surface area contributed by atoms with Crippen LogP contribution in [-0.2, 0) is 0 Å². The largest absolute Gasteiger partial charge is 0.507 e. The molecule has 4 aromatic rings. The van der Waals surface area contributed by atoms with E-state index in [1.54, 1.807) is 24.3 Å². The first kappa shape index (κ1) is 21.6. The Balaban J connectivity index is 1.95. The van der Waals surface area contributed by atoms with Gasteiger partial charge in [-0.25, -0.2) is 15.0 Å². The summed E-state index contributed by atoms with van der Waals surface area (Å²) in [7, 11) is 2.96. The molecule has 1 heterocycles. The highest BCUT2D eigenvalue weighted by Gasteiger charge is 2.19. The van der Waals surface area contributed by atoms with E-state index in [1.165, 1.54) is 44.6 Å². The fourth-order valence-electron chi connectivity index (χ4n) is 3.20. The summed E-state index contributed by atoms with van der Waals surface area (Å²) in [6, 6.07) is 13.6. The molecule has 0 atom stereocenters. The lowest BCUT2D eigenvalue weighted by Crippen LogP contribution is -2.01. The zero-order chi connectivity index (χ0) is 23.5. The van der Waals surface area contributed by atoms with Gasteiger partial charge in [-0.05, 0) is 36.4 Å². The van der Waals surface area contributed by atoms with Crippen LogP contribution in [0.1, 0.15) is 10.4 Å². The van der Waals surface area contributed by atoms with E-state index in [1.807, 2.05) is 0 Å². The third-order valence-corrected chi connectivity index (χ3v) is 4.93. The molecule has 0 aliphatic heterocycles. The second-order valence-corrected chi connectivity index (χ2v) is 6.97. The Morgan fingerprint density at radius 2 is 1.03 bits per heavy atom. The topological polar surface area (TPSA) is 135 Å². The third-order valence-electron chi connectivity index (χ3n) is 4.93. The van der Waals surface area contributed by atoms with Gasteiger partial charge in [0.25, 0.3) is 0 Å². The highest BCUT2D eigenvalue weighted by molar-refractivity contribution is 5.80. The van der Waals surface area contributed by atoms with Crippen LogP contribution in [-0.4, -0.2) is 50.8 Å². The Kier molecular flexibility index (Phi) is 5.77.